The number of hydrogen-bond donors (Lipinski definition) is 3. The number of β-amino-alcohol motifs (C(OH)–C–C–N with tert-alkyl or cyclic N) is 1. The van der Waals surface area contributed by atoms with Crippen molar-refractivity contribution in [2.24, 2.45) is 11.1 Å². The highest BCUT2D eigenvalue weighted by Crippen LogP contribution is 2.27. The molecule has 1 heterocycles. The Kier molecular flexibility index (Phi) is 5.31. The zero-order valence-electron chi connectivity index (χ0n) is 11.6. The first kappa shape index (κ1) is 15.9. The Morgan fingerprint density at radius 1 is 1.37 bits per heavy atom. The van der Waals surface area contributed by atoms with Crippen molar-refractivity contribution in [1.29, 1.82) is 0 Å². The third-order valence-electron chi connectivity index (χ3n) is 3.72. The van der Waals surface area contributed by atoms with Crippen LogP contribution in [0.15, 0.2) is 0 Å². The standard InChI is InChI=1S/C13H24N2O4/c1-13(2,5-6-14)4-3-11(17)15-8-9(16)7-10(15)12(18)19/h9-10,16H,3-8,14H2,1-2H3,(H,18,19)/t9-,10+/m1/s1. The van der Waals surface area contributed by atoms with Gasteiger partial charge in [-0.2, -0.15) is 0 Å². The molecule has 1 aliphatic heterocycles. The highest BCUT2D eigenvalue weighted by atomic mass is 16.4. The largest absolute Gasteiger partial charge is 0.480 e. The van der Waals surface area contributed by atoms with E-state index in [9.17, 15) is 14.7 Å². The van der Waals surface area contributed by atoms with Gasteiger partial charge in [-0.1, -0.05) is 13.8 Å². The average molecular weight is 272 g/mol. The number of rotatable bonds is 6. The molecule has 0 radical (unpaired) electrons. The zero-order chi connectivity index (χ0) is 14.6. The maximum Gasteiger partial charge on any atom is 0.326 e. The molecule has 6 heteroatoms. The van der Waals surface area contributed by atoms with Crippen LogP contribution in [0.2, 0.25) is 0 Å². The molecular weight excluding hydrogens is 248 g/mol. The SMILES string of the molecule is CC(C)(CCN)CCC(=O)N1C[C@H](O)C[C@H]1C(=O)O. The number of amides is 1. The van der Waals surface area contributed by atoms with Gasteiger partial charge in [0.15, 0.2) is 0 Å². The summed E-state index contributed by atoms with van der Waals surface area (Å²) in [5, 5.41) is 18.5. The van der Waals surface area contributed by atoms with Gasteiger partial charge in [-0.15, -0.1) is 0 Å². The third kappa shape index (κ3) is 4.47. The summed E-state index contributed by atoms with van der Waals surface area (Å²) >= 11 is 0. The molecular formula is C13H24N2O4. The molecule has 19 heavy (non-hydrogen) atoms. The molecule has 1 aliphatic rings. The van der Waals surface area contributed by atoms with Gasteiger partial charge in [0.1, 0.15) is 6.04 Å². The minimum absolute atomic E-state index is 0.0263. The fraction of sp³-hybridized carbons (Fsp3) is 0.846. The number of carbonyl (C=O) groups excluding carboxylic acids is 1. The van der Waals surface area contributed by atoms with Crippen LogP contribution in [0.4, 0.5) is 0 Å². The van der Waals surface area contributed by atoms with Crippen LogP contribution >= 0.6 is 0 Å². The first-order chi connectivity index (χ1) is 8.76. The van der Waals surface area contributed by atoms with Crippen LogP contribution in [0.5, 0.6) is 0 Å². The molecule has 0 aromatic rings. The molecule has 0 spiro atoms. The number of carbonyl (C=O) groups is 2. The van der Waals surface area contributed by atoms with Crippen LogP contribution in [0.1, 0.15) is 39.5 Å². The van der Waals surface area contributed by atoms with Crippen molar-refractivity contribution >= 4 is 11.9 Å². The Bertz CT molecular complexity index is 344. The van der Waals surface area contributed by atoms with Gasteiger partial charge in [0.25, 0.3) is 0 Å². The van der Waals surface area contributed by atoms with E-state index in [4.69, 9.17) is 10.8 Å². The summed E-state index contributed by atoms with van der Waals surface area (Å²) in [6, 6.07) is -0.889. The molecule has 0 aromatic heterocycles. The van der Waals surface area contributed by atoms with Crippen LogP contribution in [0.25, 0.3) is 0 Å². The monoisotopic (exact) mass is 272 g/mol. The molecule has 0 saturated carbocycles. The number of aliphatic hydroxyl groups is 1. The maximum atomic E-state index is 12.1. The minimum atomic E-state index is -1.05. The van der Waals surface area contributed by atoms with Crippen LogP contribution in [0, 0.1) is 5.41 Å². The van der Waals surface area contributed by atoms with Gasteiger partial charge < -0.3 is 20.8 Å². The van der Waals surface area contributed by atoms with Crippen molar-refractivity contribution in [1.82, 2.24) is 4.90 Å². The molecule has 6 nitrogen and oxygen atoms in total. The number of nitrogens with two attached hydrogens (primary N) is 1. The van der Waals surface area contributed by atoms with E-state index in [0.29, 0.717) is 19.4 Å². The van der Waals surface area contributed by atoms with Gasteiger partial charge in [-0.05, 0) is 24.8 Å². The van der Waals surface area contributed by atoms with Crippen LogP contribution in [-0.2, 0) is 9.59 Å². The topological polar surface area (TPSA) is 104 Å². The molecule has 0 aromatic carbocycles. The van der Waals surface area contributed by atoms with Crippen LogP contribution < -0.4 is 5.73 Å². The second-order valence-electron chi connectivity index (χ2n) is 5.99. The maximum absolute atomic E-state index is 12.1. The van der Waals surface area contributed by atoms with E-state index in [-0.39, 0.29) is 24.3 Å². The van der Waals surface area contributed by atoms with Crippen molar-refractivity contribution in [2.45, 2.75) is 51.7 Å². The molecule has 0 bridgehead atoms. The van der Waals surface area contributed by atoms with E-state index in [1.165, 1.54) is 4.90 Å². The number of carboxylic acid groups (broad SMARTS) is 1. The normalized spacial score (nSPS) is 23.7. The van der Waals surface area contributed by atoms with E-state index >= 15 is 0 Å². The third-order valence-corrected chi connectivity index (χ3v) is 3.72. The van der Waals surface area contributed by atoms with Crippen molar-refractivity contribution in [3.8, 4) is 0 Å². The van der Waals surface area contributed by atoms with Crippen LogP contribution in [0.3, 0.4) is 0 Å². The van der Waals surface area contributed by atoms with E-state index in [2.05, 4.69) is 0 Å². The molecule has 4 N–H and O–H groups in total. The first-order valence-electron chi connectivity index (χ1n) is 6.67. The number of nitrogens with zero attached hydrogens (tertiary/aromatic N) is 1. The fourth-order valence-corrected chi connectivity index (χ4v) is 2.43. The molecule has 0 aliphatic carbocycles. The van der Waals surface area contributed by atoms with Gasteiger partial charge in [-0.25, -0.2) is 4.79 Å². The number of likely N-dealkylation sites (tertiary alicyclic amines) is 1. The summed E-state index contributed by atoms with van der Waals surface area (Å²) in [5.41, 5.74) is 5.49. The van der Waals surface area contributed by atoms with E-state index < -0.39 is 18.1 Å². The Morgan fingerprint density at radius 2 is 2.00 bits per heavy atom. The molecule has 1 rings (SSSR count). The Hall–Kier alpha value is -1.14. The van der Waals surface area contributed by atoms with Gasteiger partial charge in [-0.3, -0.25) is 4.79 Å². The number of aliphatic hydroxyl groups excluding tert-OH is 1. The number of hydrogen-bond acceptors (Lipinski definition) is 4. The highest BCUT2D eigenvalue weighted by molar-refractivity contribution is 5.84. The Morgan fingerprint density at radius 3 is 2.53 bits per heavy atom. The Labute approximate surface area is 113 Å². The highest BCUT2D eigenvalue weighted by Gasteiger charge is 2.38. The summed E-state index contributed by atoms with van der Waals surface area (Å²) in [4.78, 5) is 24.4. The van der Waals surface area contributed by atoms with Gasteiger partial charge >= 0.3 is 5.97 Å². The van der Waals surface area contributed by atoms with Gasteiger partial charge in [0, 0.05) is 19.4 Å². The predicted molar refractivity (Wildman–Crippen MR) is 70.4 cm³/mol. The average Bonchev–Trinajstić information content (AvgIpc) is 2.68. The van der Waals surface area contributed by atoms with Crippen molar-refractivity contribution in [3.05, 3.63) is 0 Å². The molecule has 2 atom stereocenters. The first-order valence-corrected chi connectivity index (χ1v) is 6.67. The fourth-order valence-electron chi connectivity index (χ4n) is 2.43. The van der Waals surface area contributed by atoms with Crippen molar-refractivity contribution in [3.63, 3.8) is 0 Å². The second-order valence-corrected chi connectivity index (χ2v) is 5.99. The van der Waals surface area contributed by atoms with Gasteiger partial charge in [0.2, 0.25) is 5.91 Å². The lowest BCUT2D eigenvalue weighted by Crippen LogP contribution is -2.40. The summed E-state index contributed by atoms with van der Waals surface area (Å²) < 4.78 is 0. The smallest absolute Gasteiger partial charge is 0.326 e. The van der Waals surface area contributed by atoms with Gasteiger partial charge in [0.05, 0.1) is 6.10 Å². The lowest BCUT2D eigenvalue weighted by molar-refractivity contribution is -0.148. The van der Waals surface area contributed by atoms with Crippen LogP contribution in [-0.4, -0.2) is 52.2 Å². The Balaban J connectivity index is 2.55. The summed E-state index contributed by atoms with van der Waals surface area (Å²) in [5.74, 6) is -1.25. The molecule has 110 valence electrons. The quantitative estimate of drug-likeness (QED) is 0.640. The van der Waals surface area contributed by atoms with Crippen molar-refractivity contribution < 1.29 is 19.8 Å². The predicted octanol–water partition coefficient (Wildman–Crippen LogP) is 0.188. The summed E-state index contributed by atoms with van der Waals surface area (Å²) in [7, 11) is 0. The summed E-state index contributed by atoms with van der Waals surface area (Å²) in [6.45, 7) is 4.77. The number of carboxylic acids is 1. The molecule has 1 saturated heterocycles. The summed E-state index contributed by atoms with van der Waals surface area (Å²) in [6.07, 6.45) is 1.17. The molecule has 1 amide bonds. The lowest BCUT2D eigenvalue weighted by atomic mass is 9.84. The number of aliphatic carboxylic acids is 1. The lowest BCUT2D eigenvalue weighted by Gasteiger charge is -2.26. The molecule has 0 unspecified atom stereocenters. The zero-order valence-corrected chi connectivity index (χ0v) is 11.6. The second kappa shape index (κ2) is 6.34. The van der Waals surface area contributed by atoms with Crippen molar-refractivity contribution in [2.75, 3.05) is 13.1 Å². The van der Waals surface area contributed by atoms with E-state index in [1.54, 1.807) is 0 Å². The van der Waals surface area contributed by atoms with E-state index in [1.807, 2.05) is 13.8 Å². The molecule has 1 fully saturated rings. The minimum Gasteiger partial charge on any atom is -0.480 e. The van der Waals surface area contributed by atoms with E-state index in [0.717, 1.165) is 6.42 Å².